The maximum absolute atomic E-state index is 13.0. The van der Waals surface area contributed by atoms with E-state index < -0.39 is 17.7 Å². The van der Waals surface area contributed by atoms with Gasteiger partial charge in [-0.05, 0) is 42.9 Å². The third kappa shape index (κ3) is 4.56. The predicted molar refractivity (Wildman–Crippen MR) is 118 cm³/mol. The Labute approximate surface area is 182 Å². The molecule has 1 heterocycles. The van der Waals surface area contributed by atoms with Crippen molar-refractivity contribution in [1.29, 1.82) is 0 Å². The fourth-order valence-electron chi connectivity index (χ4n) is 3.87. The van der Waals surface area contributed by atoms with Crippen LogP contribution >= 0.6 is 0 Å². The molecule has 31 heavy (non-hydrogen) atoms. The molecule has 3 rings (SSSR count). The second-order valence-electron chi connectivity index (χ2n) is 7.35. The smallest absolute Gasteiger partial charge is 0.295 e. The average molecular weight is 424 g/mol. The minimum Gasteiger partial charge on any atom is -0.508 e. The van der Waals surface area contributed by atoms with E-state index in [0.717, 1.165) is 13.1 Å². The lowest BCUT2D eigenvalue weighted by atomic mass is 9.95. The molecular formula is C24H28N2O5. The van der Waals surface area contributed by atoms with Crippen molar-refractivity contribution in [2.24, 2.45) is 0 Å². The largest absolute Gasteiger partial charge is 0.508 e. The van der Waals surface area contributed by atoms with Gasteiger partial charge in [0.05, 0.1) is 18.7 Å². The van der Waals surface area contributed by atoms with E-state index in [-0.39, 0.29) is 17.1 Å². The lowest BCUT2D eigenvalue weighted by Crippen LogP contribution is -2.38. The van der Waals surface area contributed by atoms with Gasteiger partial charge in [0.15, 0.2) is 0 Å². The van der Waals surface area contributed by atoms with Crippen LogP contribution in [0.4, 0.5) is 0 Å². The maximum atomic E-state index is 13.0. The Bertz CT molecular complexity index is 997. The van der Waals surface area contributed by atoms with Crippen LogP contribution in [0.2, 0.25) is 0 Å². The molecule has 2 aromatic carbocycles. The van der Waals surface area contributed by atoms with E-state index in [1.54, 1.807) is 36.4 Å². The van der Waals surface area contributed by atoms with Crippen molar-refractivity contribution in [3.63, 3.8) is 0 Å². The fraction of sp³-hybridized carbons (Fsp3) is 0.333. The highest BCUT2D eigenvalue weighted by Crippen LogP contribution is 2.40. The quantitative estimate of drug-likeness (QED) is 0.384. The van der Waals surface area contributed by atoms with Gasteiger partial charge in [-0.25, -0.2) is 0 Å². The molecule has 0 bridgehead atoms. The summed E-state index contributed by atoms with van der Waals surface area (Å²) in [5.41, 5.74) is 0.942. The summed E-state index contributed by atoms with van der Waals surface area (Å²) in [6, 6.07) is 12.3. The number of carbonyl (C=O) groups is 2. The molecule has 7 nitrogen and oxygen atoms in total. The van der Waals surface area contributed by atoms with Gasteiger partial charge in [-0.3, -0.25) is 9.59 Å². The number of amides is 1. The molecule has 7 heteroatoms. The maximum Gasteiger partial charge on any atom is 0.295 e. The molecule has 1 aliphatic rings. The SMILES string of the molecule is CCN(CC)CCN1C(=O)C(=O)/C(=C(\O)c2cccc(OC)c2)C1c1cccc(O)c1. The Balaban J connectivity index is 2.11. The molecule has 164 valence electrons. The zero-order valence-corrected chi connectivity index (χ0v) is 18.0. The standard InChI is InChI=1S/C24H28N2O5/c1-4-25(5-2)12-13-26-21(16-8-6-10-18(27)14-16)20(23(29)24(26)30)22(28)17-9-7-11-19(15-17)31-3/h6-11,14-15,21,27-28H,4-5,12-13H2,1-3H3/b22-20-. The highest BCUT2D eigenvalue weighted by Gasteiger charge is 2.46. The fourth-order valence-corrected chi connectivity index (χ4v) is 3.87. The Hall–Kier alpha value is -3.32. The van der Waals surface area contributed by atoms with Crippen LogP contribution in [0.3, 0.4) is 0 Å². The second kappa shape index (κ2) is 9.66. The molecule has 2 N–H and O–H groups in total. The number of aliphatic hydroxyl groups is 1. The van der Waals surface area contributed by atoms with Gasteiger partial charge in [0.1, 0.15) is 17.3 Å². The van der Waals surface area contributed by atoms with E-state index in [1.807, 2.05) is 13.8 Å². The number of ether oxygens (including phenoxy) is 1. The molecule has 1 aliphatic heterocycles. The summed E-state index contributed by atoms with van der Waals surface area (Å²) >= 11 is 0. The number of phenolic OH excluding ortho intramolecular Hbond substituents is 1. The molecule has 0 aliphatic carbocycles. The van der Waals surface area contributed by atoms with Crippen LogP contribution in [0, 0.1) is 0 Å². The number of carbonyl (C=O) groups excluding carboxylic acids is 2. The summed E-state index contributed by atoms with van der Waals surface area (Å²) in [4.78, 5) is 29.6. The van der Waals surface area contributed by atoms with Crippen LogP contribution in [0.1, 0.15) is 31.0 Å². The van der Waals surface area contributed by atoms with Gasteiger partial charge in [-0.2, -0.15) is 0 Å². The first-order valence-electron chi connectivity index (χ1n) is 10.3. The highest BCUT2D eigenvalue weighted by molar-refractivity contribution is 6.46. The van der Waals surface area contributed by atoms with Crippen molar-refractivity contribution in [3.05, 3.63) is 65.2 Å². The molecule has 1 amide bonds. The zero-order valence-electron chi connectivity index (χ0n) is 18.0. The van der Waals surface area contributed by atoms with Gasteiger partial charge in [-0.15, -0.1) is 0 Å². The van der Waals surface area contributed by atoms with Crippen molar-refractivity contribution in [1.82, 2.24) is 9.80 Å². The summed E-state index contributed by atoms with van der Waals surface area (Å²) in [7, 11) is 1.51. The Morgan fingerprint density at radius 3 is 2.45 bits per heavy atom. The van der Waals surface area contributed by atoms with Gasteiger partial charge in [0.25, 0.3) is 11.7 Å². The van der Waals surface area contributed by atoms with E-state index in [4.69, 9.17) is 4.74 Å². The Morgan fingerprint density at radius 2 is 1.81 bits per heavy atom. The first-order valence-corrected chi connectivity index (χ1v) is 10.3. The van der Waals surface area contributed by atoms with E-state index in [9.17, 15) is 19.8 Å². The summed E-state index contributed by atoms with van der Waals surface area (Å²) in [6.45, 7) is 6.62. The monoisotopic (exact) mass is 424 g/mol. The number of methoxy groups -OCH3 is 1. The average Bonchev–Trinajstić information content (AvgIpc) is 3.04. The minimum atomic E-state index is -0.797. The van der Waals surface area contributed by atoms with E-state index in [1.165, 1.54) is 24.1 Å². The number of aromatic hydroxyl groups is 1. The van der Waals surface area contributed by atoms with E-state index in [2.05, 4.69) is 4.90 Å². The Morgan fingerprint density at radius 1 is 1.10 bits per heavy atom. The molecule has 0 aromatic heterocycles. The van der Waals surface area contributed by atoms with Crippen molar-refractivity contribution in [3.8, 4) is 11.5 Å². The molecule has 0 spiro atoms. The lowest BCUT2D eigenvalue weighted by molar-refractivity contribution is -0.140. The third-order valence-electron chi connectivity index (χ3n) is 5.62. The summed E-state index contributed by atoms with van der Waals surface area (Å²) < 4.78 is 5.22. The minimum absolute atomic E-state index is 0.00315. The summed E-state index contributed by atoms with van der Waals surface area (Å²) in [5, 5.41) is 21.1. The van der Waals surface area contributed by atoms with Crippen LogP contribution in [0.5, 0.6) is 11.5 Å². The zero-order chi connectivity index (χ0) is 22.5. The molecule has 1 saturated heterocycles. The number of likely N-dealkylation sites (N-methyl/N-ethyl adjacent to an activating group) is 1. The molecular weight excluding hydrogens is 396 g/mol. The number of phenols is 1. The number of benzene rings is 2. The third-order valence-corrected chi connectivity index (χ3v) is 5.62. The first-order chi connectivity index (χ1) is 14.9. The van der Waals surface area contributed by atoms with Gasteiger partial charge >= 0.3 is 0 Å². The van der Waals surface area contributed by atoms with Crippen molar-refractivity contribution in [2.75, 3.05) is 33.3 Å². The lowest BCUT2D eigenvalue weighted by Gasteiger charge is -2.28. The first kappa shape index (κ1) is 22.4. The predicted octanol–water partition coefficient (Wildman–Crippen LogP) is 3.16. The van der Waals surface area contributed by atoms with Gasteiger partial charge < -0.3 is 24.7 Å². The van der Waals surface area contributed by atoms with Gasteiger partial charge in [0, 0.05) is 18.7 Å². The number of rotatable bonds is 8. The summed E-state index contributed by atoms with van der Waals surface area (Å²) in [5.74, 6) is -1.13. The Kier molecular flexibility index (Phi) is 6.97. The normalized spacial score (nSPS) is 18.1. The van der Waals surface area contributed by atoms with Crippen LogP contribution < -0.4 is 4.74 Å². The van der Waals surface area contributed by atoms with E-state index >= 15 is 0 Å². The van der Waals surface area contributed by atoms with Crippen molar-refractivity contribution in [2.45, 2.75) is 19.9 Å². The van der Waals surface area contributed by atoms with Gasteiger partial charge in [0.2, 0.25) is 0 Å². The molecule has 0 saturated carbocycles. The summed E-state index contributed by atoms with van der Waals surface area (Å²) in [6.07, 6.45) is 0. The van der Waals surface area contributed by atoms with Crippen molar-refractivity contribution < 1.29 is 24.5 Å². The number of hydrogen-bond donors (Lipinski definition) is 2. The van der Waals surface area contributed by atoms with Crippen LogP contribution in [0.15, 0.2) is 54.1 Å². The molecule has 2 aromatic rings. The van der Waals surface area contributed by atoms with Crippen LogP contribution in [-0.2, 0) is 9.59 Å². The number of likely N-dealkylation sites (tertiary alicyclic amines) is 1. The second-order valence-corrected chi connectivity index (χ2v) is 7.35. The number of Topliss-reactive ketones (excluding diaryl/α,β-unsaturated/α-hetero) is 1. The molecule has 1 unspecified atom stereocenters. The van der Waals surface area contributed by atoms with Gasteiger partial charge in [-0.1, -0.05) is 38.1 Å². The topological polar surface area (TPSA) is 90.3 Å². The van der Waals surface area contributed by atoms with E-state index in [0.29, 0.717) is 30.0 Å². The number of hydrogen-bond acceptors (Lipinski definition) is 6. The van der Waals surface area contributed by atoms with Crippen molar-refractivity contribution >= 4 is 17.4 Å². The van der Waals surface area contributed by atoms with Crippen LogP contribution in [-0.4, -0.2) is 65.0 Å². The molecule has 1 atom stereocenters. The molecule has 1 fully saturated rings. The van der Waals surface area contributed by atoms with Crippen LogP contribution in [0.25, 0.3) is 5.76 Å². The number of aliphatic hydroxyl groups excluding tert-OH is 1. The number of ketones is 1. The molecule has 0 radical (unpaired) electrons. The highest BCUT2D eigenvalue weighted by atomic mass is 16.5. The number of nitrogens with zero attached hydrogens (tertiary/aromatic N) is 2.